The molecule has 4 rings (SSSR count). The van der Waals surface area contributed by atoms with Gasteiger partial charge in [-0.25, -0.2) is 9.37 Å². The highest BCUT2D eigenvalue weighted by Gasteiger charge is 2.24. The smallest absolute Gasteiger partial charge is 0.228 e. The molecule has 1 amide bonds. The van der Waals surface area contributed by atoms with Crippen molar-refractivity contribution in [2.24, 2.45) is 18.9 Å². The summed E-state index contributed by atoms with van der Waals surface area (Å²) in [6.07, 6.45) is 3.97. The van der Waals surface area contributed by atoms with E-state index in [4.69, 9.17) is 0 Å². The summed E-state index contributed by atoms with van der Waals surface area (Å²) in [4.78, 5) is 17.2. The first kappa shape index (κ1) is 20.4. The number of piperidine rings is 1. The summed E-state index contributed by atoms with van der Waals surface area (Å²) in [5, 5.41) is 15.3. The fraction of sp³-hybridized carbons (Fsp3) is 0.455. The van der Waals surface area contributed by atoms with Crippen LogP contribution in [0.15, 0.2) is 24.4 Å². The van der Waals surface area contributed by atoms with Crippen LogP contribution < -0.4 is 10.6 Å². The summed E-state index contributed by atoms with van der Waals surface area (Å²) >= 11 is 0. The minimum atomic E-state index is -0.509. The summed E-state index contributed by atoms with van der Waals surface area (Å²) in [7, 11) is 1.79. The maximum atomic E-state index is 15.5. The number of amides is 1. The SMILES string of the molecule is CC(C)Cc1nc(NC(=O)C2CCNCC2)c(F)c2cc(-c3cn(C)nn3)ccc12. The third-order valence-corrected chi connectivity index (χ3v) is 5.47. The van der Waals surface area contributed by atoms with Gasteiger partial charge in [-0.15, -0.1) is 5.10 Å². The summed E-state index contributed by atoms with van der Waals surface area (Å²) in [5.41, 5.74) is 2.22. The molecule has 1 fully saturated rings. The van der Waals surface area contributed by atoms with Crippen LogP contribution in [0.2, 0.25) is 0 Å². The zero-order valence-corrected chi connectivity index (χ0v) is 17.6. The Morgan fingerprint density at radius 2 is 2.07 bits per heavy atom. The molecule has 0 unspecified atom stereocenters. The molecule has 2 aromatic heterocycles. The Morgan fingerprint density at radius 3 is 2.73 bits per heavy atom. The number of aryl methyl sites for hydroxylation is 1. The maximum Gasteiger partial charge on any atom is 0.228 e. The van der Waals surface area contributed by atoms with Crippen molar-refractivity contribution in [1.29, 1.82) is 0 Å². The van der Waals surface area contributed by atoms with Crippen molar-refractivity contribution in [3.05, 3.63) is 35.9 Å². The fourth-order valence-corrected chi connectivity index (χ4v) is 3.92. The average Bonchev–Trinajstić information content (AvgIpc) is 3.17. The van der Waals surface area contributed by atoms with Gasteiger partial charge in [0.15, 0.2) is 11.6 Å². The first-order valence-corrected chi connectivity index (χ1v) is 10.4. The molecule has 3 aromatic rings. The number of fused-ring (bicyclic) bond motifs is 1. The fourth-order valence-electron chi connectivity index (χ4n) is 3.92. The molecule has 30 heavy (non-hydrogen) atoms. The van der Waals surface area contributed by atoms with Gasteiger partial charge < -0.3 is 10.6 Å². The second-order valence-corrected chi connectivity index (χ2v) is 8.37. The number of carbonyl (C=O) groups is 1. The minimum absolute atomic E-state index is 0.0120. The monoisotopic (exact) mass is 410 g/mol. The molecule has 3 heterocycles. The van der Waals surface area contributed by atoms with Crippen LogP contribution in [0.3, 0.4) is 0 Å². The lowest BCUT2D eigenvalue weighted by Gasteiger charge is -2.22. The minimum Gasteiger partial charge on any atom is -0.317 e. The molecule has 2 N–H and O–H groups in total. The van der Waals surface area contributed by atoms with Crippen LogP contribution in [0.25, 0.3) is 22.0 Å². The Morgan fingerprint density at radius 1 is 1.30 bits per heavy atom. The van der Waals surface area contributed by atoms with Crippen molar-refractivity contribution in [3.8, 4) is 11.3 Å². The van der Waals surface area contributed by atoms with Crippen LogP contribution in [0.5, 0.6) is 0 Å². The van der Waals surface area contributed by atoms with E-state index in [1.807, 2.05) is 12.1 Å². The van der Waals surface area contributed by atoms with Gasteiger partial charge in [0, 0.05) is 29.3 Å². The van der Waals surface area contributed by atoms with E-state index in [0.717, 1.165) is 42.6 Å². The predicted molar refractivity (Wildman–Crippen MR) is 114 cm³/mol. The maximum absolute atomic E-state index is 15.5. The number of benzene rings is 1. The summed E-state index contributed by atoms with van der Waals surface area (Å²) in [6, 6.07) is 5.55. The molecule has 1 aromatic carbocycles. The van der Waals surface area contributed by atoms with Gasteiger partial charge in [-0.2, -0.15) is 0 Å². The van der Waals surface area contributed by atoms with Crippen LogP contribution in [-0.2, 0) is 18.3 Å². The topological polar surface area (TPSA) is 84.7 Å². The molecule has 7 nitrogen and oxygen atoms in total. The van der Waals surface area contributed by atoms with Crippen LogP contribution in [-0.4, -0.2) is 39.0 Å². The number of hydrogen-bond donors (Lipinski definition) is 2. The molecule has 0 aliphatic carbocycles. The number of nitrogens with one attached hydrogen (secondary N) is 2. The molecule has 0 saturated carbocycles. The summed E-state index contributed by atoms with van der Waals surface area (Å²) in [5.74, 6) is -0.437. The lowest BCUT2D eigenvalue weighted by Crippen LogP contribution is -2.35. The number of nitrogens with zero attached hydrogens (tertiary/aromatic N) is 4. The number of anilines is 1. The van der Waals surface area contributed by atoms with E-state index in [9.17, 15) is 4.79 Å². The van der Waals surface area contributed by atoms with Crippen molar-refractivity contribution in [2.75, 3.05) is 18.4 Å². The van der Waals surface area contributed by atoms with Crippen LogP contribution in [0.1, 0.15) is 32.4 Å². The van der Waals surface area contributed by atoms with Gasteiger partial charge in [0.25, 0.3) is 0 Å². The Hall–Kier alpha value is -2.87. The molecule has 1 saturated heterocycles. The van der Waals surface area contributed by atoms with Crippen LogP contribution >= 0.6 is 0 Å². The van der Waals surface area contributed by atoms with Gasteiger partial charge >= 0.3 is 0 Å². The first-order chi connectivity index (χ1) is 14.4. The Kier molecular flexibility index (Phi) is 5.76. The number of carbonyl (C=O) groups excluding carboxylic acids is 1. The summed E-state index contributed by atoms with van der Waals surface area (Å²) < 4.78 is 17.1. The molecule has 158 valence electrons. The Bertz CT molecular complexity index is 1070. The van der Waals surface area contributed by atoms with E-state index >= 15 is 4.39 Å². The largest absolute Gasteiger partial charge is 0.317 e. The zero-order chi connectivity index (χ0) is 21.3. The van der Waals surface area contributed by atoms with Crippen LogP contribution in [0.4, 0.5) is 10.2 Å². The summed E-state index contributed by atoms with van der Waals surface area (Å²) in [6.45, 7) is 5.79. The van der Waals surface area contributed by atoms with Crippen molar-refractivity contribution >= 4 is 22.5 Å². The average molecular weight is 410 g/mol. The van der Waals surface area contributed by atoms with E-state index in [1.54, 1.807) is 24.0 Å². The van der Waals surface area contributed by atoms with Gasteiger partial charge in [-0.1, -0.05) is 31.2 Å². The molecular weight excluding hydrogens is 383 g/mol. The second kappa shape index (κ2) is 8.47. The van der Waals surface area contributed by atoms with E-state index in [-0.39, 0.29) is 17.6 Å². The first-order valence-electron chi connectivity index (χ1n) is 10.4. The third-order valence-electron chi connectivity index (χ3n) is 5.47. The van der Waals surface area contributed by atoms with Crippen molar-refractivity contribution in [1.82, 2.24) is 25.3 Å². The number of aromatic nitrogens is 4. The van der Waals surface area contributed by atoms with E-state index in [0.29, 0.717) is 23.4 Å². The molecule has 0 spiro atoms. The van der Waals surface area contributed by atoms with Gasteiger partial charge in [-0.3, -0.25) is 9.48 Å². The van der Waals surface area contributed by atoms with Gasteiger partial charge in [-0.05, 0) is 44.3 Å². The third kappa shape index (κ3) is 4.18. The number of rotatable bonds is 5. The molecule has 8 heteroatoms. The van der Waals surface area contributed by atoms with Gasteiger partial charge in [0.05, 0.1) is 11.9 Å². The van der Waals surface area contributed by atoms with E-state index in [1.165, 1.54) is 0 Å². The van der Waals surface area contributed by atoms with Gasteiger partial charge in [0.1, 0.15) is 5.69 Å². The Balaban J connectivity index is 1.76. The second-order valence-electron chi connectivity index (χ2n) is 8.37. The van der Waals surface area contributed by atoms with Crippen molar-refractivity contribution < 1.29 is 9.18 Å². The number of pyridine rings is 1. The molecular formula is C22H27FN6O. The number of hydrogen-bond acceptors (Lipinski definition) is 5. The molecule has 1 aliphatic rings. The van der Waals surface area contributed by atoms with E-state index < -0.39 is 5.82 Å². The lowest BCUT2D eigenvalue weighted by molar-refractivity contribution is -0.120. The van der Waals surface area contributed by atoms with E-state index in [2.05, 4.69) is 39.8 Å². The zero-order valence-electron chi connectivity index (χ0n) is 17.6. The molecule has 0 radical (unpaired) electrons. The van der Waals surface area contributed by atoms with Crippen molar-refractivity contribution in [3.63, 3.8) is 0 Å². The van der Waals surface area contributed by atoms with Gasteiger partial charge in [0.2, 0.25) is 5.91 Å². The van der Waals surface area contributed by atoms with Crippen LogP contribution in [0, 0.1) is 17.7 Å². The highest BCUT2D eigenvalue weighted by Crippen LogP contribution is 2.31. The molecule has 1 aliphatic heterocycles. The standard InChI is InChI=1S/C22H27FN6O/c1-13(2)10-18-16-5-4-15(19-12-29(3)28-27-19)11-17(16)20(23)21(25-18)26-22(30)14-6-8-24-9-7-14/h4-5,11-14,24H,6-10H2,1-3H3,(H,25,26,30). The predicted octanol–water partition coefficient (Wildman–Crippen LogP) is 3.31. The Labute approximate surface area is 175 Å². The lowest BCUT2D eigenvalue weighted by atomic mass is 9.97. The number of halogens is 1. The quantitative estimate of drug-likeness (QED) is 0.674. The highest BCUT2D eigenvalue weighted by atomic mass is 19.1. The highest BCUT2D eigenvalue weighted by molar-refractivity contribution is 5.96. The van der Waals surface area contributed by atoms with Crippen molar-refractivity contribution in [2.45, 2.75) is 33.1 Å². The molecule has 0 atom stereocenters. The normalized spacial score (nSPS) is 15.1. The molecule has 0 bridgehead atoms.